The van der Waals surface area contributed by atoms with Crippen LogP contribution in [-0.2, 0) is 6.42 Å². The molecule has 0 aliphatic carbocycles. The Hall–Kier alpha value is -2.80. The van der Waals surface area contributed by atoms with Crippen LogP contribution in [-0.4, -0.2) is 29.4 Å². The number of aryl methyl sites for hydroxylation is 1. The first-order chi connectivity index (χ1) is 16.8. The summed E-state index contributed by atoms with van der Waals surface area (Å²) >= 11 is 12.6. The molecule has 1 fully saturated rings. The molecule has 8 heteroatoms. The van der Waals surface area contributed by atoms with Crippen molar-refractivity contribution in [1.29, 1.82) is 5.41 Å². The van der Waals surface area contributed by atoms with E-state index in [4.69, 9.17) is 43.8 Å². The number of hydrogen-bond donors (Lipinski definition) is 3. The highest BCUT2D eigenvalue weighted by Crippen LogP contribution is 2.39. The SMILES string of the molecule is C[C@@H](Oc1ccc(N)c(C(=N)c2ccc3c(c2)CCC2(CCNCC2)O3)c1)c1c(Cl)cncc1Cl. The van der Waals surface area contributed by atoms with Gasteiger partial charge in [-0.3, -0.25) is 10.4 Å². The maximum Gasteiger partial charge on any atom is 0.124 e. The van der Waals surface area contributed by atoms with Gasteiger partial charge >= 0.3 is 0 Å². The van der Waals surface area contributed by atoms with Crippen LogP contribution < -0.4 is 20.5 Å². The number of benzene rings is 2. The molecule has 0 radical (unpaired) electrons. The maximum atomic E-state index is 8.89. The first-order valence-corrected chi connectivity index (χ1v) is 12.6. The zero-order valence-corrected chi connectivity index (χ0v) is 21.0. The summed E-state index contributed by atoms with van der Waals surface area (Å²) in [4.78, 5) is 4.00. The number of nitrogens with one attached hydrogen (secondary N) is 2. The van der Waals surface area contributed by atoms with Gasteiger partial charge in [-0.15, -0.1) is 0 Å². The number of aromatic nitrogens is 1. The van der Waals surface area contributed by atoms with E-state index in [9.17, 15) is 0 Å². The van der Waals surface area contributed by atoms with E-state index in [0.717, 1.165) is 55.6 Å². The Morgan fingerprint density at radius 2 is 1.86 bits per heavy atom. The van der Waals surface area contributed by atoms with E-state index in [1.54, 1.807) is 30.6 Å². The lowest BCUT2D eigenvalue weighted by Crippen LogP contribution is -2.48. The standard InChI is InChI=1S/C27H28Cl2N4O2/c1-16(25-21(28)14-33-15-22(25)29)34-19-3-4-23(30)20(13-19)26(31)18-2-5-24-17(12-18)6-7-27(35-24)8-10-32-11-9-27/h2-5,12-16,31-32H,6-11,30H2,1H3/t16-/m1/s1. The molecule has 182 valence electrons. The van der Waals surface area contributed by atoms with Crippen molar-refractivity contribution in [1.82, 2.24) is 10.3 Å². The van der Waals surface area contributed by atoms with Gasteiger partial charge in [0.15, 0.2) is 0 Å². The van der Waals surface area contributed by atoms with Gasteiger partial charge in [-0.2, -0.15) is 0 Å². The number of pyridine rings is 1. The molecule has 0 saturated carbocycles. The quantitative estimate of drug-likeness (QED) is 0.290. The normalized spacial score (nSPS) is 17.3. The highest BCUT2D eigenvalue weighted by atomic mass is 35.5. The molecule has 0 bridgehead atoms. The Labute approximate surface area is 215 Å². The second-order valence-electron chi connectivity index (χ2n) is 9.26. The lowest BCUT2D eigenvalue weighted by Gasteiger charge is -2.41. The minimum Gasteiger partial charge on any atom is -0.487 e. The minimum absolute atomic E-state index is 0.0549. The van der Waals surface area contributed by atoms with Crippen LogP contribution in [0.5, 0.6) is 11.5 Å². The first-order valence-electron chi connectivity index (χ1n) is 11.8. The predicted molar refractivity (Wildman–Crippen MR) is 140 cm³/mol. The van der Waals surface area contributed by atoms with E-state index >= 15 is 0 Å². The first kappa shape index (κ1) is 23.9. The molecule has 2 aromatic carbocycles. The number of rotatable bonds is 5. The maximum absolute atomic E-state index is 8.89. The van der Waals surface area contributed by atoms with Crippen molar-refractivity contribution in [2.24, 2.45) is 0 Å². The fraction of sp³-hybridized carbons (Fsp3) is 0.333. The topological polar surface area (TPSA) is 93.2 Å². The number of piperidine rings is 1. The molecule has 1 saturated heterocycles. The monoisotopic (exact) mass is 510 g/mol. The molecule has 3 aromatic rings. The van der Waals surface area contributed by atoms with Crippen LogP contribution in [0.3, 0.4) is 0 Å². The van der Waals surface area contributed by atoms with Crippen molar-refractivity contribution in [3.05, 3.63) is 81.1 Å². The molecule has 5 rings (SSSR count). The number of anilines is 1. The van der Waals surface area contributed by atoms with Crippen LogP contribution in [0.1, 0.15) is 54.5 Å². The molecule has 35 heavy (non-hydrogen) atoms. The summed E-state index contributed by atoms with van der Waals surface area (Å²) in [5, 5.41) is 13.2. The van der Waals surface area contributed by atoms with Crippen molar-refractivity contribution in [2.75, 3.05) is 18.8 Å². The van der Waals surface area contributed by atoms with Crippen molar-refractivity contribution >= 4 is 34.6 Å². The third-order valence-electron chi connectivity index (χ3n) is 6.94. The van der Waals surface area contributed by atoms with Gasteiger partial charge in [0.25, 0.3) is 0 Å². The van der Waals surface area contributed by atoms with Gasteiger partial charge in [0.2, 0.25) is 0 Å². The molecule has 0 unspecified atom stereocenters. The second kappa shape index (κ2) is 9.69. The summed E-state index contributed by atoms with van der Waals surface area (Å²) < 4.78 is 12.6. The van der Waals surface area contributed by atoms with E-state index in [1.807, 2.05) is 19.1 Å². The Balaban J connectivity index is 1.37. The van der Waals surface area contributed by atoms with Gasteiger partial charge in [-0.05, 0) is 87.7 Å². The average molecular weight is 511 g/mol. The molecule has 6 nitrogen and oxygen atoms in total. The highest BCUT2D eigenvalue weighted by Gasteiger charge is 2.37. The highest BCUT2D eigenvalue weighted by molar-refractivity contribution is 6.35. The predicted octanol–water partition coefficient (Wildman–Crippen LogP) is 5.97. The van der Waals surface area contributed by atoms with E-state index in [2.05, 4.69) is 16.4 Å². The van der Waals surface area contributed by atoms with E-state index < -0.39 is 6.10 Å². The van der Waals surface area contributed by atoms with Gasteiger partial charge < -0.3 is 20.5 Å². The number of fused-ring (bicyclic) bond motifs is 1. The lowest BCUT2D eigenvalue weighted by molar-refractivity contribution is 0.0170. The van der Waals surface area contributed by atoms with Gasteiger partial charge in [-0.1, -0.05) is 23.2 Å². The van der Waals surface area contributed by atoms with Crippen molar-refractivity contribution in [2.45, 2.75) is 44.3 Å². The summed E-state index contributed by atoms with van der Waals surface area (Å²) in [6.07, 6.45) is 6.68. The van der Waals surface area contributed by atoms with E-state index in [-0.39, 0.29) is 5.60 Å². The molecular weight excluding hydrogens is 483 g/mol. The molecule has 1 aromatic heterocycles. The number of nitrogens with two attached hydrogens (primary N) is 1. The minimum atomic E-state index is -0.410. The number of ether oxygens (including phenoxy) is 2. The molecule has 0 amide bonds. The average Bonchev–Trinajstić information content (AvgIpc) is 2.85. The third-order valence-corrected chi connectivity index (χ3v) is 7.55. The van der Waals surface area contributed by atoms with Crippen LogP contribution in [0, 0.1) is 5.41 Å². The van der Waals surface area contributed by atoms with Crippen LogP contribution >= 0.6 is 23.2 Å². The second-order valence-corrected chi connectivity index (χ2v) is 10.1. The molecule has 2 aliphatic rings. The number of nitrogens with zero attached hydrogens (tertiary/aromatic N) is 1. The summed E-state index contributed by atoms with van der Waals surface area (Å²) in [6.45, 7) is 3.86. The number of nitrogen functional groups attached to an aromatic ring is 1. The zero-order chi connectivity index (χ0) is 24.6. The third kappa shape index (κ3) is 4.83. The van der Waals surface area contributed by atoms with Crippen LogP contribution in [0.2, 0.25) is 10.0 Å². The number of halogens is 2. The van der Waals surface area contributed by atoms with E-state index in [1.165, 1.54) is 0 Å². The summed E-state index contributed by atoms with van der Waals surface area (Å²) in [5.41, 5.74) is 10.3. The Kier molecular flexibility index (Phi) is 6.62. The molecule has 3 heterocycles. The van der Waals surface area contributed by atoms with E-state index in [0.29, 0.717) is 38.3 Å². The molecule has 1 spiro atoms. The summed E-state index contributed by atoms with van der Waals surface area (Å²) in [5.74, 6) is 1.50. The molecule has 2 aliphatic heterocycles. The van der Waals surface area contributed by atoms with Crippen molar-refractivity contribution in [3.8, 4) is 11.5 Å². The van der Waals surface area contributed by atoms with Crippen LogP contribution in [0.4, 0.5) is 5.69 Å². The fourth-order valence-electron chi connectivity index (χ4n) is 4.96. The molecule has 4 N–H and O–H groups in total. The van der Waals surface area contributed by atoms with Crippen LogP contribution in [0.15, 0.2) is 48.8 Å². The van der Waals surface area contributed by atoms with Gasteiger partial charge in [0, 0.05) is 34.8 Å². The van der Waals surface area contributed by atoms with Crippen molar-refractivity contribution < 1.29 is 9.47 Å². The lowest BCUT2D eigenvalue weighted by atomic mass is 9.83. The van der Waals surface area contributed by atoms with Crippen LogP contribution in [0.25, 0.3) is 0 Å². The fourth-order valence-corrected chi connectivity index (χ4v) is 5.64. The summed E-state index contributed by atoms with van der Waals surface area (Å²) in [7, 11) is 0. The Morgan fingerprint density at radius 1 is 1.11 bits per heavy atom. The van der Waals surface area contributed by atoms with Gasteiger partial charge in [0.1, 0.15) is 23.2 Å². The van der Waals surface area contributed by atoms with Gasteiger partial charge in [0.05, 0.1) is 15.8 Å². The zero-order valence-electron chi connectivity index (χ0n) is 19.5. The van der Waals surface area contributed by atoms with Crippen molar-refractivity contribution in [3.63, 3.8) is 0 Å². The smallest absolute Gasteiger partial charge is 0.124 e. The molecular formula is C27H28Cl2N4O2. The number of hydrogen-bond acceptors (Lipinski definition) is 6. The molecule has 1 atom stereocenters. The largest absolute Gasteiger partial charge is 0.487 e. The van der Waals surface area contributed by atoms with Gasteiger partial charge in [-0.25, -0.2) is 0 Å². The summed E-state index contributed by atoms with van der Waals surface area (Å²) in [6, 6.07) is 11.3. The Bertz CT molecular complexity index is 1250. The Morgan fingerprint density at radius 3 is 2.60 bits per heavy atom.